The highest BCUT2D eigenvalue weighted by molar-refractivity contribution is 9.10. The van der Waals surface area contributed by atoms with Crippen LogP contribution < -0.4 is 5.32 Å². The van der Waals surface area contributed by atoms with E-state index >= 15 is 0 Å². The number of benzene rings is 1. The quantitative estimate of drug-likeness (QED) is 0.670. The van der Waals surface area contributed by atoms with Crippen molar-refractivity contribution in [1.29, 1.82) is 0 Å². The van der Waals surface area contributed by atoms with Gasteiger partial charge in [0.05, 0.1) is 0 Å². The van der Waals surface area contributed by atoms with Crippen molar-refractivity contribution in [3.05, 3.63) is 34.3 Å². The van der Waals surface area contributed by atoms with Crippen LogP contribution in [-0.4, -0.2) is 50.8 Å². The molecule has 0 atom stereocenters. The molecule has 120 valence electrons. The summed E-state index contributed by atoms with van der Waals surface area (Å²) in [6.45, 7) is 4.65. The minimum Gasteiger partial charge on any atom is -0.317 e. The molecule has 1 aromatic carbocycles. The summed E-state index contributed by atoms with van der Waals surface area (Å²) in [5, 5.41) is 3.19. The zero-order chi connectivity index (χ0) is 15.9. The maximum absolute atomic E-state index is 12.4. The maximum atomic E-state index is 12.4. The van der Waals surface area contributed by atoms with Crippen LogP contribution in [0.5, 0.6) is 0 Å². The van der Waals surface area contributed by atoms with E-state index in [1.165, 1.54) is 8.61 Å². The molecule has 5 nitrogen and oxygen atoms in total. The number of hydrogen-bond donors (Lipinski definition) is 1. The van der Waals surface area contributed by atoms with Crippen LogP contribution in [0.1, 0.15) is 18.9 Å². The molecule has 0 saturated carbocycles. The molecule has 0 aliphatic rings. The molecule has 0 amide bonds. The molecule has 0 heterocycles. The number of halogens is 1. The summed E-state index contributed by atoms with van der Waals surface area (Å²) in [5.74, 6) is 0. The fourth-order valence-electron chi connectivity index (χ4n) is 1.89. The summed E-state index contributed by atoms with van der Waals surface area (Å²) in [6, 6.07) is 7.66. The Balaban J connectivity index is 2.57. The molecule has 0 fully saturated rings. The minimum atomic E-state index is -3.41. The highest BCUT2D eigenvalue weighted by Gasteiger charge is 2.23. The Morgan fingerprint density at radius 1 is 1.14 bits per heavy atom. The van der Waals surface area contributed by atoms with E-state index in [4.69, 9.17) is 0 Å². The van der Waals surface area contributed by atoms with Gasteiger partial charge in [0.25, 0.3) is 10.2 Å². The van der Waals surface area contributed by atoms with Crippen LogP contribution in [0, 0.1) is 0 Å². The van der Waals surface area contributed by atoms with Crippen molar-refractivity contribution >= 4 is 26.1 Å². The van der Waals surface area contributed by atoms with E-state index in [9.17, 15) is 8.42 Å². The number of rotatable bonds is 9. The number of nitrogens with one attached hydrogen (secondary N) is 1. The van der Waals surface area contributed by atoms with E-state index < -0.39 is 10.2 Å². The van der Waals surface area contributed by atoms with Gasteiger partial charge in [-0.15, -0.1) is 0 Å². The SMILES string of the molecule is CCNCCCN(C)S(=O)(=O)N(C)Cc1ccc(Br)cc1. The van der Waals surface area contributed by atoms with Gasteiger partial charge in [-0.2, -0.15) is 17.0 Å². The predicted molar refractivity (Wildman–Crippen MR) is 90.3 cm³/mol. The van der Waals surface area contributed by atoms with Gasteiger partial charge in [-0.3, -0.25) is 0 Å². The summed E-state index contributed by atoms with van der Waals surface area (Å²) in [7, 11) is -0.174. The van der Waals surface area contributed by atoms with Crippen molar-refractivity contribution in [2.75, 3.05) is 33.7 Å². The van der Waals surface area contributed by atoms with Crippen LogP contribution in [0.3, 0.4) is 0 Å². The van der Waals surface area contributed by atoms with Crippen molar-refractivity contribution < 1.29 is 8.42 Å². The monoisotopic (exact) mass is 377 g/mol. The van der Waals surface area contributed by atoms with Gasteiger partial charge in [0.15, 0.2) is 0 Å². The molecule has 0 unspecified atom stereocenters. The smallest absolute Gasteiger partial charge is 0.281 e. The lowest BCUT2D eigenvalue weighted by Crippen LogP contribution is -2.40. The largest absolute Gasteiger partial charge is 0.317 e. The molecular formula is C14H24BrN3O2S. The molecule has 1 aromatic rings. The molecule has 0 aliphatic heterocycles. The predicted octanol–water partition coefficient (Wildman–Crippen LogP) is 2.06. The Hall–Kier alpha value is -0.470. The summed E-state index contributed by atoms with van der Waals surface area (Å²) in [5.41, 5.74) is 0.963. The first-order chi connectivity index (χ1) is 9.87. The minimum absolute atomic E-state index is 0.368. The van der Waals surface area contributed by atoms with Gasteiger partial charge in [-0.1, -0.05) is 35.0 Å². The highest BCUT2D eigenvalue weighted by Crippen LogP contribution is 2.14. The maximum Gasteiger partial charge on any atom is 0.281 e. The van der Waals surface area contributed by atoms with Gasteiger partial charge >= 0.3 is 0 Å². The molecular weight excluding hydrogens is 354 g/mol. The van der Waals surface area contributed by atoms with Crippen molar-refractivity contribution in [3.8, 4) is 0 Å². The van der Waals surface area contributed by atoms with Crippen LogP contribution in [0.25, 0.3) is 0 Å². The van der Waals surface area contributed by atoms with E-state index in [1.807, 2.05) is 31.2 Å². The molecule has 0 aliphatic carbocycles. The first-order valence-corrected chi connectivity index (χ1v) is 9.19. The Morgan fingerprint density at radius 2 is 1.76 bits per heavy atom. The second-order valence-electron chi connectivity index (χ2n) is 4.92. The van der Waals surface area contributed by atoms with Crippen LogP contribution in [0.15, 0.2) is 28.7 Å². The average Bonchev–Trinajstić information content (AvgIpc) is 2.45. The Kier molecular flexibility index (Phi) is 7.83. The van der Waals surface area contributed by atoms with E-state index in [0.29, 0.717) is 13.1 Å². The summed E-state index contributed by atoms with van der Waals surface area (Å²) >= 11 is 3.37. The van der Waals surface area contributed by atoms with Crippen molar-refractivity contribution in [3.63, 3.8) is 0 Å². The third-order valence-corrected chi connectivity index (χ3v) is 5.60. The van der Waals surface area contributed by atoms with Gasteiger partial charge < -0.3 is 5.32 Å². The fourth-order valence-corrected chi connectivity index (χ4v) is 3.30. The van der Waals surface area contributed by atoms with Crippen LogP contribution in [-0.2, 0) is 16.8 Å². The van der Waals surface area contributed by atoms with Gasteiger partial charge in [0.2, 0.25) is 0 Å². The molecule has 1 rings (SSSR count). The lowest BCUT2D eigenvalue weighted by Gasteiger charge is -2.24. The third kappa shape index (κ3) is 6.04. The van der Waals surface area contributed by atoms with E-state index in [0.717, 1.165) is 29.5 Å². The second kappa shape index (κ2) is 8.85. The fraction of sp³-hybridized carbons (Fsp3) is 0.571. The molecule has 0 aromatic heterocycles. The Labute approximate surface area is 136 Å². The molecule has 21 heavy (non-hydrogen) atoms. The lowest BCUT2D eigenvalue weighted by atomic mass is 10.2. The highest BCUT2D eigenvalue weighted by atomic mass is 79.9. The number of nitrogens with zero attached hydrogens (tertiary/aromatic N) is 2. The zero-order valence-electron chi connectivity index (χ0n) is 12.8. The third-order valence-electron chi connectivity index (χ3n) is 3.18. The normalized spacial score (nSPS) is 12.3. The van der Waals surface area contributed by atoms with Crippen LogP contribution >= 0.6 is 15.9 Å². The van der Waals surface area contributed by atoms with E-state index in [1.54, 1.807) is 14.1 Å². The van der Waals surface area contributed by atoms with Crippen molar-refractivity contribution in [1.82, 2.24) is 13.9 Å². The summed E-state index contributed by atoms with van der Waals surface area (Å²) < 4.78 is 28.5. The van der Waals surface area contributed by atoms with Gasteiger partial charge in [-0.05, 0) is 37.2 Å². The van der Waals surface area contributed by atoms with Gasteiger partial charge in [0.1, 0.15) is 0 Å². The first-order valence-electron chi connectivity index (χ1n) is 7.00. The van der Waals surface area contributed by atoms with Crippen molar-refractivity contribution in [2.24, 2.45) is 0 Å². The second-order valence-corrected chi connectivity index (χ2v) is 7.98. The molecule has 0 spiro atoms. The van der Waals surface area contributed by atoms with Crippen molar-refractivity contribution in [2.45, 2.75) is 19.9 Å². The lowest BCUT2D eigenvalue weighted by molar-refractivity contribution is 0.384. The van der Waals surface area contributed by atoms with Crippen LogP contribution in [0.4, 0.5) is 0 Å². The zero-order valence-corrected chi connectivity index (χ0v) is 15.2. The van der Waals surface area contributed by atoms with E-state index in [2.05, 4.69) is 21.2 Å². The molecule has 0 bridgehead atoms. The average molecular weight is 378 g/mol. The Morgan fingerprint density at radius 3 is 2.33 bits per heavy atom. The first kappa shape index (κ1) is 18.6. The van der Waals surface area contributed by atoms with E-state index in [-0.39, 0.29) is 0 Å². The molecule has 7 heteroatoms. The number of hydrogen-bond acceptors (Lipinski definition) is 3. The topological polar surface area (TPSA) is 52.7 Å². The standard InChI is InChI=1S/C14H24BrN3O2S/c1-4-16-10-5-11-17(2)21(19,20)18(3)12-13-6-8-14(15)9-7-13/h6-9,16H,4-5,10-12H2,1-3H3. The van der Waals surface area contributed by atoms with Crippen LogP contribution in [0.2, 0.25) is 0 Å². The summed E-state index contributed by atoms with van der Waals surface area (Å²) in [6.07, 6.45) is 0.801. The molecule has 0 radical (unpaired) electrons. The van der Waals surface area contributed by atoms with Gasteiger partial charge in [0, 0.05) is 31.7 Å². The summed E-state index contributed by atoms with van der Waals surface area (Å²) in [4.78, 5) is 0. The Bertz CT molecular complexity index is 520. The van der Waals surface area contributed by atoms with Gasteiger partial charge in [-0.25, -0.2) is 0 Å². The molecule has 1 N–H and O–H groups in total. The molecule has 0 saturated heterocycles.